The largest absolute Gasteiger partial charge is 0.149 e. The summed E-state index contributed by atoms with van der Waals surface area (Å²) >= 11 is 7.63. The molecule has 0 amide bonds. The average Bonchev–Trinajstić information content (AvgIpc) is 2.67. The van der Waals surface area contributed by atoms with Crippen molar-refractivity contribution in [3.63, 3.8) is 0 Å². The van der Waals surface area contributed by atoms with Crippen LogP contribution in [0.1, 0.15) is 5.56 Å². The summed E-state index contributed by atoms with van der Waals surface area (Å²) in [4.78, 5) is 0. The molecule has 25 heavy (non-hydrogen) atoms. The molecule has 0 saturated carbocycles. The van der Waals surface area contributed by atoms with Crippen LogP contribution >= 0.6 is 23.4 Å². The van der Waals surface area contributed by atoms with Gasteiger partial charge in [-0.15, -0.1) is 10.2 Å². The third-order valence-electron chi connectivity index (χ3n) is 4.04. The zero-order valence-corrected chi connectivity index (χ0v) is 15.0. The first-order valence-corrected chi connectivity index (χ1v) is 9.35. The molecule has 1 aromatic heterocycles. The topological polar surface area (TPSA) is 25.8 Å². The van der Waals surface area contributed by atoms with E-state index < -0.39 is 0 Å². The molecular weight excluding hydrogens is 348 g/mol. The molecule has 4 rings (SSSR count). The maximum atomic E-state index is 5.93. The molecule has 3 aromatic carbocycles. The van der Waals surface area contributed by atoms with Crippen molar-refractivity contribution in [1.29, 1.82) is 0 Å². The molecule has 0 unspecified atom stereocenters. The van der Waals surface area contributed by atoms with Crippen LogP contribution in [-0.2, 0) is 5.75 Å². The summed E-state index contributed by atoms with van der Waals surface area (Å²) < 4.78 is 0. The summed E-state index contributed by atoms with van der Waals surface area (Å²) in [7, 11) is 0. The van der Waals surface area contributed by atoms with Crippen LogP contribution < -0.4 is 0 Å². The zero-order chi connectivity index (χ0) is 17.1. The van der Waals surface area contributed by atoms with E-state index in [1.807, 2.05) is 36.4 Å². The standard InChI is InChI=1S/C21H15ClN2S/c22-18-10-8-16(9-11-18)20-12-13-21(24-23-20)25-14-17-6-3-5-15-4-1-2-7-19(15)17/h1-13H,14H2. The lowest BCUT2D eigenvalue weighted by atomic mass is 10.1. The predicted molar refractivity (Wildman–Crippen MR) is 106 cm³/mol. The van der Waals surface area contributed by atoms with E-state index in [0.717, 1.165) is 27.1 Å². The van der Waals surface area contributed by atoms with Gasteiger partial charge in [0.2, 0.25) is 0 Å². The Morgan fingerprint density at radius 2 is 1.56 bits per heavy atom. The minimum Gasteiger partial charge on any atom is -0.149 e. The first kappa shape index (κ1) is 16.1. The summed E-state index contributed by atoms with van der Waals surface area (Å²) in [6.45, 7) is 0. The van der Waals surface area contributed by atoms with Gasteiger partial charge in [0.25, 0.3) is 0 Å². The summed E-state index contributed by atoms with van der Waals surface area (Å²) in [5.74, 6) is 0.871. The molecule has 0 saturated heterocycles. The maximum absolute atomic E-state index is 5.93. The molecule has 0 aliphatic rings. The molecule has 0 atom stereocenters. The lowest BCUT2D eigenvalue weighted by Crippen LogP contribution is -1.90. The number of rotatable bonds is 4. The number of fused-ring (bicyclic) bond motifs is 1. The highest BCUT2D eigenvalue weighted by Crippen LogP contribution is 2.27. The second-order valence-corrected chi connectivity index (χ2v) is 7.12. The van der Waals surface area contributed by atoms with Crippen molar-refractivity contribution in [2.45, 2.75) is 10.8 Å². The second-order valence-electron chi connectivity index (χ2n) is 5.69. The van der Waals surface area contributed by atoms with Gasteiger partial charge in [-0.25, -0.2) is 0 Å². The molecule has 4 aromatic rings. The molecule has 1 heterocycles. The fourth-order valence-electron chi connectivity index (χ4n) is 2.74. The highest BCUT2D eigenvalue weighted by Gasteiger charge is 2.05. The van der Waals surface area contributed by atoms with Gasteiger partial charge in [0.1, 0.15) is 5.03 Å². The van der Waals surface area contributed by atoms with E-state index in [-0.39, 0.29) is 0 Å². The molecule has 0 aliphatic carbocycles. The Kier molecular flexibility index (Phi) is 4.68. The molecular formula is C21H15ClN2S. The minimum absolute atomic E-state index is 0.721. The first-order valence-electron chi connectivity index (χ1n) is 7.99. The van der Waals surface area contributed by atoms with E-state index in [0.29, 0.717) is 0 Å². The average molecular weight is 363 g/mol. The molecule has 0 bridgehead atoms. The van der Waals surface area contributed by atoms with Gasteiger partial charge in [-0.05, 0) is 40.6 Å². The van der Waals surface area contributed by atoms with Gasteiger partial charge in [0.15, 0.2) is 0 Å². The van der Waals surface area contributed by atoms with Crippen LogP contribution in [0.2, 0.25) is 5.02 Å². The number of nitrogens with zero attached hydrogens (tertiary/aromatic N) is 2. The Hall–Kier alpha value is -2.36. The van der Waals surface area contributed by atoms with Crippen LogP contribution in [-0.4, -0.2) is 10.2 Å². The Labute approximate surface area is 155 Å². The molecule has 0 spiro atoms. The van der Waals surface area contributed by atoms with E-state index in [4.69, 9.17) is 11.6 Å². The maximum Gasteiger partial charge on any atom is 0.119 e. The molecule has 0 aliphatic heterocycles. The summed E-state index contributed by atoms with van der Waals surface area (Å²) in [5.41, 5.74) is 3.18. The third kappa shape index (κ3) is 3.68. The van der Waals surface area contributed by atoms with Crippen LogP contribution in [0.5, 0.6) is 0 Å². The molecule has 0 fully saturated rings. The second kappa shape index (κ2) is 7.26. The normalized spacial score (nSPS) is 10.9. The number of aromatic nitrogens is 2. The van der Waals surface area contributed by atoms with E-state index in [2.05, 4.69) is 52.7 Å². The van der Waals surface area contributed by atoms with Gasteiger partial charge in [-0.3, -0.25) is 0 Å². The van der Waals surface area contributed by atoms with Gasteiger partial charge in [0.05, 0.1) is 5.69 Å². The Morgan fingerprint density at radius 3 is 2.36 bits per heavy atom. The van der Waals surface area contributed by atoms with Gasteiger partial charge < -0.3 is 0 Å². The van der Waals surface area contributed by atoms with Crippen LogP contribution in [0.3, 0.4) is 0 Å². The molecule has 0 N–H and O–H groups in total. The number of hydrogen-bond acceptors (Lipinski definition) is 3. The number of halogens is 1. The number of thioether (sulfide) groups is 1. The van der Waals surface area contributed by atoms with Crippen LogP contribution in [0.25, 0.3) is 22.0 Å². The van der Waals surface area contributed by atoms with Crippen molar-refractivity contribution < 1.29 is 0 Å². The van der Waals surface area contributed by atoms with Gasteiger partial charge in [0, 0.05) is 16.3 Å². The van der Waals surface area contributed by atoms with Crippen molar-refractivity contribution in [3.05, 3.63) is 89.4 Å². The summed E-state index contributed by atoms with van der Waals surface area (Å²) in [5, 5.41) is 12.9. The van der Waals surface area contributed by atoms with Crippen molar-refractivity contribution in [2.24, 2.45) is 0 Å². The Bertz CT molecular complexity index is 993. The summed E-state index contributed by atoms with van der Waals surface area (Å²) in [6, 6.07) is 26.5. The Balaban J connectivity index is 1.50. The van der Waals surface area contributed by atoms with Crippen LogP contribution in [0.4, 0.5) is 0 Å². The van der Waals surface area contributed by atoms with Gasteiger partial charge >= 0.3 is 0 Å². The van der Waals surface area contributed by atoms with Gasteiger partial charge in [-0.1, -0.05) is 78.0 Å². The lowest BCUT2D eigenvalue weighted by molar-refractivity contribution is 0.935. The smallest absolute Gasteiger partial charge is 0.119 e. The van der Waals surface area contributed by atoms with E-state index in [9.17, 15) is 0 Å². The van der Waals surface area contributed by atoms with Crippen LogP contribution in [0.15, 0.2) is 83.9 Å². The molecule has 4 heteroatoms. The van der Waals surface area contributed by atoms with Gasteiger partial charge in [-0.2, -0.15) is 0 Å². The monoisotopic (exact) mass is 362 g/mol. The highest BCUT2D eigenvalue weighted by atomic mass is 35.5. The Morgan fingerprint density at radius 1 is 0.760 bits per heavy atom. The first-order chi connectivity index (χ1) is 12.3. The third-order valence-corrected chi connectivity index (χ3v) is 5.26. The minimum atomic E-state index is 0.721. The van der Waals surface area contributed by atoms with Crippen molar-refractivity contribution in [3.8, 4) is 11.3 Å². The van der Waals surface area contributed by atoms with E-state index in [1.165, 1.54) is 16.3 Å². The quantitative estimate of drug-likeness (QED) is 0.402. The van der Waals surface area contributed by atoms with Crippen LogP contribution in [0, 0.1) is 0 Å². The molecule has 0 radical (unpaired) electrons. The summed E-state index contributed by atoms with van der Waals surface area (Å²) in [6.07, 6.45) is 0. The number of hydrogen-bond donors (Lipinski definition) is 0. The fraction of sp³-hybridized carbons (Fsp3) is 0.0476. The van der Waals surface area contributed by atoms with E-state index >= 15 is 0 Å². The predicted octanol–water partition coefficient (Wildman–Crippen LogP) is 6.24. The zero-order valence-electron chi connectivity index (χ0n) is 13.4. The SMILES string of the molecule is Clc1ccc(-c2ccc(SCc3cccc4ccccc34)nn2)cc1. The lowest BCUT2D eigenvalue weighted by Gasteiger charge is -2.06. The van der Waals surface area contributed by atoms with Crippen molar-refractivity contribution in [1.82, 2.24) is 10.2 Å². The molecule has 2 nitrogen and oxygen atoms in total. The van der Waals surface area contributed by atoms with Crippen molar-refractivity contribution in [2.75, 3.05) is 0 Å². The number of benzene rings is 3. The van der Waals surface area contributed by atoms with E-state index in [1.54, 1.807) is 11.8 Å². The molecule has 122 valence electrons. The fourth-order valence-corrected chi connectivity index (χ4v) is 3.69. The highest BCUT2D eigenvalue weighted by molar-refractivity contribution is 7.98. The van der Waals surface area contributed by atoms with Crippen molar-refractivity contribution >= 4 is 34.1 Å².